The van der Waals surface area contributed by atoms with Crippen LogP contribution in [0.5, 0.6) is 0 Å². The third kappa shape index (κ3) is 8.27. The lowest BCUT2D eigenvalue weighted by Gasteiger charge is -2.35. The van der Waals surface area contributed by atoms with Crippen LogP contribution in [-0.4, -0.2) is 90.1 Å². The van der Waals surface area contributed by atoms with E-state index in [0.717, 1.165) is 12.8 Å². The van der Waals surface area contributed by atoms with Gasteiger partial charge in [0.15, 0.2) is 0 Å². The van der Waals surface area contributed by atoms with Crippen molar-refractivity contribution < 1.29 is 42.7 Å². The molecule has 0 radical (unpaired) electrons. The van der Waals surface area contributed by atoms with Gasteiger partial charge in [-0.05, 0) is 49.0 Å². The number of nitrogens with one attached hydrogen (secondary N) is 4. The van der Waals surface area contributed by atoms with Crippen molar-refractivity contribution in [2.75, 3.05) is 19.8 Å². The van der Waals surface area contributed by atoms with Crippen molar-refractivity contribution in [1.29, 1.82) is 0 Å². The topological polar surface area (TPSA) is 164 Å². The van der Waals surface area contributed by atoms with E-state index >= 15 is 0 Å². The quantitative estimate of drug-likeness (QED) is 0.256. The smallest absolute Gasteiger partial charge is 0.408 e. The molecule has 0 bridgehead atoms. The summed E-state index contributed by atoms with van der Waals surface area (Å²) in [6, 6.07) is 0.727. The number of alkyl carbamates (subject to hydrolysis) is 1. The SMILES string of the molecule is CCC[C@H](NC(=O)[C@@H]1C[C@]2(C=C(c3ccc(F)c(Cl)c3)NO2)CN1C(=O)[C@@H](NC(=O)O[C@H]1CCOC1)C(C)(C)C)C(=O)C(=O)NC1CC1. The number of hydrogen-bond acceptors (Lipinski definition) is 9. The van der Waals surface area contributed by atoms with Gasteiger partial charge in [0.2, 0.25) is 17.6 Å². The molecule has 2 saturated heterocycles. The lowest BCUT2D eigenvalue weighted by Crippen LogP contribution is -2.59. The number of amides is 4. The van der Waals surface area contributed by atoms with Crippen molar-refractivity contribution in [3.63, 3.8) is 0 Å². The van der Waals surface area contributed by atoms with Gasteiger partial charge in [-0.15, -0.1) is 0 Å². The highest BCUT2D eigenvalue weighted by Crippen LogP contribution is 2.39. The van der Waals surface area contributed by atoms with E-state index in [9.17, 15) is 28.4 Å². The van der Waals surface area contributed by atoms with Gasteiger partial charge in [0.05, 0.1) is 36.5 Å². The summed E-state index contributed by atoms with van der Waals surface area (Å²) in [6.45, 7) is 7.75. The Balaban J connectivity index is 1.42. The summed E-state index contributed by atoms with van der Waals surface area (Å²) in [7, 11) is 0. The zero-order valence-electron chi connectivity index (χ0n) is 27.5. The molecule has 3 aliphatic heterocycles. The van der Waals surface area contributed by atoms with E-state index in [1.807, 2.05) is 6.92 Å². The van der Waals surface area contributed by atoms with Crippen LogP contribution in [0.4, 0.5) is 9.18 Å². The van der Waals surface area contributed by atoms with Gasteiger partial charge in [0.25, 0.3) is 5.91 Å². The molecule has 13 nitrogen and oxygen atoms in total. The second-order valence-corrected chi connectivity index (χ2v) is 14.3. The van der Waals surface area contributed by atoms with Crippen molar-refractivity contribution in [3.05, 3.63) is 40.7 Å². The molecule has 3 heterocycles. The Labute approximate surface area is 283 Å². The first-order valence-electron chi connectivity index (χ1n) is 16.3. The molecule has 4 aliphatic rings. The Kier molecular flexibility index (Phi) is 10.7. The first kappa shape index (κ1) is 35.6. The molecule has 48 heavy (non-hydrogen) atoms. The lowest BCUT2D eigenvalue weighted by atomic mass is 9.85. The minimum atomic E-state index is -1.22. The molecular formula is C33H43ClFN5O8. The van der Waals surface area contributed by atoms with Gasteiger partial charge in [-0.2, -0.15) is 0 Å². The molecular weight excluding hydrogens is 649 g/mol. The summed E-state index contributed by atoms with van der Waals surface area (Å²) in [4.78, 5) is 74.4. The minimum Gasteiger partial charge on any atom is -0.444 e. The summed E-state index contributed by atoms with van der Waals surface area (Å²) in [5.74, 6) is -3.33. The number of benzene rings is 1. The normalized spacial score (nSPS) is 24.8. The Morgan fingerprint density at radius 1 is 1.17 bits per heavy atom. The third-order valence-corrected chi connectivity index (χ3v) is 9.11. The van der Waals surface area contributed by atoms with E-state index in [4.69, 9.17) is 25.9 Å². The number of Topliss-reactive ketones (excluding diaryl/α,β-unsaturated/α-hetero) is 1. The molecule has 5 rings (SSSR count). The lowest BCUT2D eigenvalue weighted by molar-refractivity contribution is -0.144. The third-order valence-electron chi connectivity index (χ3n) is 8.82. The zero-order valence-corrected chi connectivity index (χ0v) is 28.3. The molecule has 0 unspecified atom stereocenters. The van der Waals surface area contributed by atoms with E-state index in [1.54, 1.807) is 26.8 Å². The number of hydrogen-bond donors (Lipinski definition) is 4. The Hall–Kier alpha value is -3.75. The van der Waals surface area contributed by atoms with Gasteiger partial charge in [0, 0.05) is 24.4 Å². The van der Waals surface area contributed by atoms with Crippen LogP contribution >= 0.6 is 11.6 Å². The van der Waals surface area contributed by atoms with Crippen LogP contribution in [0.25, 0.3) is 5.70 Å². The average molecular weight is 692 g/mol. The number of likely N-dealkylation sites (tertiary alicyclic amines) is 1. The number of halogens is 2. The number of ketones is 1. The molecule has 1 saturated carbocycles. The minimum absolute atomic E-state index is 0.0297. The number of ether oxygens (including phenoxy) is 2. The number of carbonyl (C=O) groups excluding carboxylic acids is 5. The van der Waals surface area contributed by atoms with E-state index in [0.29, 0.717) is 30.7 Å². The fraction of sp³-hybridized carbons (Fsp3) is 0.606. The molecule has 262 valence electrons. The summed E-state index contributed by atoms with van der Waals surface area (Å²) < 4.78 is 24.6. The molecule has 4 amide bonds. The molecule has 1 aliphatic carbocycles. The second-order valence-electron chi connectivity index (χ2n) is 13.9. The van der Waals surface area contributed by atoms with Crippen molar-refractivity contribution in [2.45, 2.75) is 102 Å². The number of rotatable bonds is 11. The summed E-state index contributed by atoms with van der Waals surface area (Å²) in [6.07, 6.45) is 3.28. The number of hydroxylamine groups is 1. The molecule has 4 N–H and O–H groups in total. The van der Waals surface area contributed by atoms with Gasteiger partial charge in [-0.3, -0.25) is 29.5 Å². The average Bonchev–Trinajstić information content (AvgIpc) is 3.38. The van der Waals surface area contributed by atoms with Crippen LogP contribution in [0, 0.1) is 11.2 Å². The predicted molar refractivity (Wildman–Crippen MR) is 172 cm³/mol. The highest BCUT2D eigenvalue weighted by Gasteiger charge is 2.54. The van der Waals surface area contributed by atoms with Gasteiger partial charge < -0.3 is 30.3 Å². The Morgan fingerprint density at radius 3 is 2.54 bits per heavy atom. The Morgan fingerprint density at radius 2 is 1.92 bits per heavy atom. The molecule has 15 heteroatoms. The molecule has 0 aromatic heterocycles. The molecule has 1 aromatic carbocycles. The van der Waals surface area contributed by atoms with Gasteiger partial charge in [-0.25, -0.2) is 9.18 Å². The van der Waals surface area contributed by atoms with Crippen molar-refractivity contribution in [2.24, 2.45) is 5.41 Å². The Bertz CT molecular complexity index is 1470. The number of nitrogens with zero attached hydrogens (tertiary/aromatic N) is 1. The van der Waals surface area contributed by atoms with Gasteiger partial charge >= 0.3 is 6.09 Å². The highest BCUT2D eigenvalue weighted by atomic mass is 35.5. The van der Waals surface area contributed by atoms with Crippen LogP contribution in [0.2, 0.25) is 5.02 Å². The largest absolute Gasteiger partial charge is 0.444 e. The summed E-state index contributed by atoms with van der Waals surface area (Å²) >= 11 is 6.01. The summed E-state index contributed by atoms with van der Waals surface area (Å²) in [5.41, 5.74) is 1.76. The van der Waals surface area contributed by atoms with Crippen molar-refractivity contribution in [1.82, 2.24) is 26.3 Å². The van der Waals surface area contributed by atoms with Gasteiger partial charge in [-0.1, -0.05) is 45.7 Å². The van der Waals surface area contributed by atoms with Crippen LogP contribution in [-0.2, 0) is 33.5 Å². The van der Waals surface area contributed by atoms with Crippen LogP contribution < -0.4 is 21.4 Å². The fourth-order valence-electron chi connectivity index (χ4n) is 6.02. The fourth-order valence-corrected chi connectivity index (χ4v) is 6.20. The van der Waals surface area contributed by atoms with Crippen molar-refractivity contribution >= 4 is 46.9 Å². The van der Waals surface area contributed by atoms with E-state index < -0.39 is 70.7 Å². The van der Waals surface area contributed by atoms with E-state index in [1.165, 1.54) is 23.1 Å². The highest BCUT2D eigenvalue weighted by molar-refractivity contribution is 6.38. The maximum Gasteiger partial charge on any atom is 0.408 e. The van der Waals surface area contributed by atoms with Crippen molar-refractivity contribution in [3.8, 4) is 0 Å². The van der Waals surface area contributed by atoms with E-state index in [-0.39, 0.29) is 37.1 Å². The maximum absolute atomic E-state index is 14.4. The zero-order chi connectivity index (χ0) is 34.8. The van der Waals surface area contributed by atoms with Gasteiger partial charge in [0.1, 0.15) is 29.6 Å². The second kappa shape index (κ2) is 14.4. The van der Waals surface area contributed by atoms with Crippen LogP contribution in [0.15, 0.2) is 24.3 Å². The standard InChI is InChI=1S/C33H43ClFN5O8/c1-5-6-23(26(41)29(43)36-19-8-9-19)37-28(42)25-15-33(14-24(39-48-33)18-7-10-22(35)21(34)13-18)17-40(25)30(44)27(32(2,3)4)38-31(45)47-20-11-12-46-16-20/h7,10,13-14,19-20,23,25,27,39H,5-6,8-9,11-12,15-17H2,1-4H3,(H,36,43)(H,37,42)(H,38,45)/t20-,23-,25-,27+,33+/m0/s1. The monoisotopic (exact) mass is 691 g/mol. The van der Waals surface area contributed by atoms with Crippen LogP contribution in [0.1, 0.15) is 71.8 Å². The van der Waals surface area contributed by atoms with Crippen LogP contribution in [0.3, 0.4) is 0 Å². The predicted octanol–water partition coefficient (Wildman–Crippen LogP) is 2.76. The molecule has 3 fully saturated rings. The molecule has 1 spiro atoms. The number of carbonyl (C=O) groups is 5. The molecule has 1 aromatic rings. The maximum atomic E-state index is 14.4. The van der Waals surface area contributed by atoms with E-state index in [2.05, 4.69) is 21.4 Å². The molecule has 5 atom stereocenters. The first-order valence-corrected chi connectivity index (χ1v) is 16.7. The first-order chi connectivity index (χ1) is 22.7. The summed E-state index contributed by atoms with van der Waals surface area (Å²) in [5, 5.41) is 8.00.